The second kappa shape index (κ2) is 20.4. The van der Waals surface area contributed by atoms with E-state index in [1.54, 1.807) is 53.2 Å². The Hall–Kier alpha value is -7.04. The summed E-state index contributed by atoms with van der Waals surface area (Å²) >= 11 is 0. The van der Waals surface area contributed by atoms with Crippen LogP contribution in [0, 0.1) is 11.3 Å². The van der Waals surface area contributed by atoms with Crippen LogP contribution in [0.15, 0.2) is 60.9 Å². The predicted molar refractivity (Wildman–Crippen MR) is 248 cm³/mol. The average molecular weight is 927 g/mol. The topological polar surface area (TPSA) is 227 Å². The van der Waals surface area contributed by atoms with E-state index < -0.39 is 35.1 Å². The summed E-state index contributed by atoms with van der Waals surface area (Å²) in [6.45, 7) is 9.84. The number of aromatic amines is 1. The lowest BCUT2D eigenvalue weighted by Crippen LogP contribution is -2.54. The molecule has 5 amide bonds. The van der Waals surface area contributed by atoms with Crippen molar-refractivity contribution in [2.24, 2.45) is 0 Å². The molecule has 0 radical (unpaired) electrons. The average Bonchev–Trinajstić information content (AvgIpc) is 4.03. The van der Waals surface area contributed by atoms with E-state index in [-0.39, 0.29) is 42.2 Å². The number of carbonyl (C=O) groups is 6. The van der Waals surface area contributed by atoms with Crippen molar-refractivity contribution in [3.8, 4) is 17.2 Å². The maximum atomic E-state index is 14.1. The van der Waals surface area contributed by atoms with E-state index in [4.69, 9.17) is 18.9 Å². The monoisotopic (exact) mass is 926 g/mol. The molecule has 0 spiro atoms. The van der Waals surface area contributed by atoms with E-state index in [1.807, 2.05) is 18.3 Å². The highest BCUT2D eigenvalue weighted by Crippen LogP contribution is 2.46. The van der Waals surface area contributed by atoms with E-state index in [2.05, 4.69) is 53.6 Å². The van der Waals surface area contributed by atoms with E-state index in [0.717, 1.165) is 43.8 Å². The van der Waals surface area contributed by atoms with Gasteiger partial charge in [-0.2, -0.15) is 10.4 Å². The van der Waals surface area contributed by atoms with Crippen LogP contribution in [0.2, 0.25) is 0 Å². The fourth-order valence-corrected chi connectivity index (χ4v) is 9.01. The number of nitriles is 1. The molecule has 4 heterocycles. The lowest BCUT2D eigenvalue weighted by atomic mass is 9.70. The summed E-state index contributed by atoms with van der Waals surface area (Å²) in [5, 5.41) is 20.1. The van der Waals surface area contributed by atoms with Gasteiger partial charge in [-0.05, 0) is 65.9 Å². The number of ether oxygens (including phenoxy) is 4. The van der Waals surface area contributed by atoms with Crippen LogP contribution in [0.1, 0.15) is 92.6 Å². The van der Waals surface area contributed by atoms with Gasteiger partial charge in [0.1, 0.15) is 12.6 Å². The molecule has 1 aliphatic carbocycles. The summed E-state index contributed by atoms with van der Waals surface area (Å²) in [6, 6.07) is 15.5. The maximum Gasteiger partial charge on any atom is 0.264 e. The minimum atomic E-state index is -1.03. The number of carbonyl (C=O) groups excluding carboxylic acids is 6. The van der Waals surface area contributed by atoms with E-state index in [9.17, 15) is 34.0 Å². The van der Waals surface area contributed by atoms with Crippen molar-refractivity contribution >= 4 is 51.9 Å². The highest BCUT2D eigenvalue weighted by molar-refractivity contribution is 6.25. The highest BCUT2D eigenvalue weighted by Gasteiger charge is 2.46. The van der Waals surface area contributed by atoms with Gasteiger partial charge in [0.2, 0.25) is 17.7 Å². The minimum absolute atomic E-state index is 0.0404. The second-order valence-electron chi connectivity index (χ2n) is 17.4. The molecule has 8 rings (SSSR count). The van der Waals surface area contributed by atoms with Crippen LogP contribution < -0.4 is 10.6 Å². The molecule has 68 heavy (non-hydrogen) atoms. The SMILES string of the molecule is CCc1cc2c(cc1-c1cnn(CC(=O)N(C)CCOCCOCCOCCOCCNc3cccc4c3C(=O)N(C3CCC(=O)NC3=O)C4=O)c1)C(C)(C)c1[nH]c3cc(C#N)ccc3c1C2=O. The molecule has 5 aromatic rings. The van der Waals surface area contributed by atoms with Crippen LogP contribution in [0.5, 0.6) is 0 Å². The minimum Gasteiger partial charge on any atom is -0.382 e. The lowest BCUT2D eigenvalue weighted by molar-refractivity contribution is -0.136. The Morgan fingerprint density at radius 1 is 0.897 bits per heavy atom. The van der Waals surface area contributed by atoms with Crippen LogP contribution in [-0.2, 0) is 51.7 Å². The van der Waals surface area contributed by atoms with Crippen molar-refractivity contribution in [1.29, 1.82) is 5.26 Å². The number of likely N-dealkylation sites (N-methyl/N-ethyl adjacent to an activating group) is 1. The smallest absolute Gasteiger partial charge is 0.264 e. The Labute approximate surface area is 392 Å². The first-order valence-electron chi connectivity index (χ1n) is 22.8. The van der Waals surface area contributed by atoms with E-state index in [0.29, 0.717) is 94.7 Å². The zero-order valence-electron chi connectivity index (χ0n) is 38.6. The number of piperidine rings is 1. The van der Waals surface area contributed by atoms with Gasteiger partial charge in [0, 0.05) is 71.6 Å². The van der Waals surface area contributed by atoms with Gasteiger partial charge in [-0.3, -0.25) is 43.7 Å². The number of nitrogens with zero attached hydrogens (tertiary/aromatic N) is 5. The summed E-state index contributed by atoms with van der Waals surface area (Å²) in [4.78, 5) is 83.4. The van der Waals surface area contributed by atoms with Gasteiger partial charge in [0.25, 0.3) is 11.8 Å². The van der Waals surface area contributed by atoms with Gasteiger partial charge in [-0.25, -0.2) is 0 Å². The van der Waals surface area contributed by atoms with E-state index >= 15 is 0 Å². The molecule has 1 unspecified atom stereocenters. The summed E-state index contributed by atoms with van der Waals surface area (Å²) in [6.07, 6.45) is 4.45. The number of amides is 5. The van der Waals surface area contributed by atoms with Crippen LogP contribution in [0.25, 0.3) is 22.0 Å². The van der Waals surface area contributed by atoms with Crippen LogP contribution in [-0.4, -0.2) is 139 Å². The molecule has 3 N–H and O–H groups in total. The van der Waals surface area contributed by atoms with Gasteiger partial charge < -0.3 is 34.1 Å². The Morgan fingerprint density at radius 2 is 1.62 bits per heavy atom. The van der Waals surface area contributed by atoms with Crippen molar-refractivity contribution in [3.63, 3.8) is 0 Å². The third-order valence-corrected chi connectivity index (χ3v) is 12.7. The number of aryl methyl sites for hydroxylation is 1. The van der Waals surface area contributed by atoms with Crippen molar-refractivity contribution in [1.82, 2.24) is 29.9 Å². The molecule has 2 aliphatic heterocycles. The van der Waals surface area contributed by atoms with Crippen LogP contribution in [0.3, 0.4) is 0 Å². The number of ketones is 1. The molecule has 1 fully saturated rings. The number of nitrogens with one attached hydrogen (secondary N) is 3. The Morgan fingerprint density at radius 3 is 2.32 bits per heavy atom. The van der Waals surface area contributed by atoms with Crippen molar-refractivity contribution < 1.29 is 47.7 Å². The molecular weight excluding hydrogens is 873 g/mol. The molecule has 18 heteroatoms. The molecular formula is C50H54N8O10. The third kappa shape index (κ3) is 9.56. The highest BCUT2D eigenvalue weighted by atomic mass is 16.6. The predicted octanol–water partition coefficient (Wildman–Crippen LogP) is 4.37. The number of imide groups is 2. The summed E-state index contributed by atoms with van der Waals surface area (Å²) in [5.74, 6) is -2.38. The fourth-order valence-electron chi connectivity index (χ4n) is 9.01. The maximum absolute atomic E-state index is 14.1. The van der Waals surface area contributed by atoms with Gasteiger partial charge in [0.05, 0.1) is 87.4 Å². The molecule has 1 saturated heterocycles. The Bertz CT molecular complexity index is 2840. The molecule has 1 atom stereocenters. The Balaban J connectivity index is 0.696. The summed E-state index contributed by atoms with van der Waals surface area (Å²) in [7, 11) is 1.72. The molecule has 3 aliphatic rings. The Kier molecular flexibility index (Phi) is 14.3. The van der Waals surface area contributed by atoms with Crippen LogP contribution in [0.4, 0.5) is 5.69 Å². The van der Waals surface area contributed by atoms with Gasteiger partial charge in [-0.1, -0.05) is 32.9 Å². The molecule has 2 aromatic heterocycles. The van der Waals surface area contributed by atoms with E-state index in [1.165, 1.54) is 0 Å². The molecule has 18 nitrogen and oxygen atoms in total. The lowest BCUT2D eigenvalue weighted by Gasteiger charge is -2.33. The van der Waals surface area contributed by atoms with Crippen molar-refractivity contribution in [3.05, 3.63) is 106 Å². The number of hydrogen-bond donors (Lipinski definition) is 3. The number of anilines is 1. The first-order valence-corrected chi connectivity index (χ1v) is 22.8. The number of hydrogen-bond acceptors (Lipinski definition) is 13. The first kappa shape index (κ1) is 47.5. The van der Waals surface area contributed by atoms with Crippen LogP contribution >= 0.6 is 0 Å². The number of rotatable bonds is 21. The number of benzene rings is 3. The number of fused-ring (bicyclic) bond motifs is 5. The molecule has 354 valence electrons. The molecule has 3 aromatic carbocycles. The summed E-state index contributed by atoms with van der Waals surface area (Å²) < 4.78 is 24.1. The normalized spacial score (nSPS) is 16.1. The second-order valence-corrected chi connectivity index (χ2v) is 17.4. The third-order valence-electron chi connectivity index (χ3n) is 12.7. The van der Waals surface area contributed by atoms with Crippen molar-refractivity contribution in [2.45, 2.75) is 58.0 Å². The van der Waals surface area contributed by atoms with Crippen molar-refractivity contribution in [2.75, 3.05) is 78.3 Å². The largest absolute Gasteiger partial charge is 0.382 e. The number of aromatic nitrogens is 3. The quantitative estimate of drug-likeness (QED) is 0.0687. The number of H-pyrrole nitrogens is 1. The summed E-state index contributed by atoms with van der Waals surface area (Å²) in [5.41, 5.74) is 7.49. The standard InChI is InChI=1S/C50H54N8O10/c1-5-31-24-36-37(50(2,3)46-44(45(36)61)33-10-9-30(26-51)23-39(33)54-46)25-35(31)32-27-53-57(28-32)29-42(60)56(4)14-16-66-18-20-68-22-21-67-19-17-65-15-13-52-38-8-6-7-34-43(38)49(64)58(48(34)63)40-11-12-41(59)55-47(40)62/h6-10,23-25,27-28,40,52,54H,5,11-22,29H2,1-4H3,(H,55,59,62). The van der Waals surface area contributed by atoms with Gasteiger partial charge >= 0.3 is 0 Å². The first-order chi connectivity index (χ1) is 32.8. The zero-order chi connectivity index (χ0) is 48.1. The molecule has 0 bridgehead atoms. The van der Waals surface area contributed by atoms with Gasteiger partial charge in [-0.15, -0.1) is 0 Å². The zero-order valence-corrected chi connectivity index (χ0v) is 38.6. The van der Waals surface area contributed by atoms with Gasteiger partial charge in [0.15, 0.2) is 5.78 Å². The fraction of sp³-hybridized carbons (Fsp3) is 0.400. The molecule has 0 saturated carbocycles.